The number of benzene rings is 2. The lowest BCUT2D eigenvalue weighted by Crippen LogP contribution is -2.29. The number of aryl methyl sites for hydroxylation is 1. The Labute approximate surface area is 122 Å². The van der Waals surface area contributed by atoms with Crippen LogP contribution in [0.4, 0.5) is 18.9 Å². The summed E-state index contributed by atoms with van der Waals surface area (Å²) in [5.41, 5.74) is 2.35. The average Bonchev–Trinajstić information content (AvgIpc) is 2.47. The van der Waals surface area contributed by atoms with Gasteiger partial charge in [0, 0.05) is 18.8 Å². The largest absolute Gasteiger partial charge is 0.416 e. The first kappa shape index (κ1) is 14.0. The second kappa shape index (κ2) is 5.43. The SMILES string of the molecule is FC(F)(F)c1ccc2c(c1)CCCN2Cc1ccccc1. The predicted octanol–water partition coefficient (Wildman–Crippen LogP) is 4.66. The van der Waals surface area contributed by atoms with Gasteiger partial charge in [0.05, 0.1) is 5.56 Å². The summed E-state index contributed by atoms with van der Waals surface area (Å²) in [4.78, 5) is 2.16. The number of anilines is 1. The molecule has 0 saturated heterocycles. The summed E-state index contributed by atoms with van der Waals surface area (Å²) in [5.74, 6) is 0. The summed E-state index contributed by atoms with van der Waals surface area (Å²) in [6.07, 6.45) is -2.66. The average molecular weight is 291 g/mol. The van der Waals surface area contributed by atoms with Gasteiger partial charge in [-0.25, -0.2) is 0 Å². The van der Waals surface area contributed by atoms with Crippen molar-refractivity contribution in [1.29, 1.82) is 0 Å². The maximum Gasteiger partial charge on any atom is 0.416 e. The first-order valence-corrected chi connectivity index (χ1v) is 7.03. The van der Waals surface area contributed by atoms with E-state index in [1.807, 2.05) is 30.3 Å². The van der Waals surface area contributed by atoms with Gasteiger partial charge in [0.15, 0.2) is 0 Å². The van der Waals surface area contributed by atoms with Gasteiger partial charge in [-0.05, 0) is 42.2 Å². The molecule has 2 aromatic rings. The molecule has 21 heavy (non-hydrogen) atoms. The van der Waals surface area contributed by atoms with Crippen molar-refractivity contribution in [1.82, 2.24) is 0 Å². The minimum atomic E-state index is -4.27. The first-order valence-electron chi connectivity index (χ1n) is 7.03. The number of rotatable bonds is 2. The highest BCUT2D eigenvalue weighted by atomic mass is 19.4. The molecule has 0 N–H and O–H groups in total. The van der Waals surface area contributed by atoms with Gasteiger partial charge in [-0.3, -0.25) is 0 Å². The maximum absolute atomic E-state index is 12.8. The summed E-state index contributed by atoms with van der Waals surface area (Å²) >= 11 is 0. The molecule has 0 aromatic heterocycles. The Kier molecular flexibility index (Phi) is 3.62. The third-order valence-corrected chi connectivity index (χ3v) is 3.84. The Morgan fingerprint density at radius 2 is 1.76 bits per heavy atom. The summed E-state index contributed by atoms with van der Waals surface area (Å²) < 4.78 is 38.4. The van der Waals surface area contributed by atoms with E-state index in [-0.39, 0.29) is 0 Å². The fraction of sp³-hybridized carbons (Fsp3) is 0.294. The van der Waals surface area contributed by atoms with Crippen molar-refractivity contribution in [3.8, 4) is 0 Å². The van der Waals surface area contributed by atoms with Crippen LogP contribution < -0.4 is 4.90 Å². The molecule has 3 rings (SSSR count). The molecule has 1 nitrogen and oxygen atoms in total. The van der Waals surface area contributed by atoms with Crippen LogP contribution in [-0.4, -0.2) is 6.54 Å². The van der Waals surface area contributed by atoms with Crippen LogP contribution in [0.1, 0.15) is 23.1 Å². The van der Waals surface area contributed by atoms with E-state index in [2.05, 4.69) is 4.90 Å². The van der Waals surface area contributed by atoms with Crippen LogP contribution in [0.25, 0.3) is 0 Å². The number of halogens is 3. The highest BCUT2D eigenvalue weighted by Crippen LogP contribution is 2.35. The highest BCUT2D eigenvalue weighted by Gasteiger charge is 2.31. The lowest BCUT2D eigenvalue weighted by atomic mass is 9.98. The molecule has 0 radical (unpaired) electrons. The van der Waals surface area contributed by atoms with E-state index in [1.54, 1.807) is 6.07 Å². The summed E-state index contributed by atoms with van der Waals surface area (Å²) in [7, 11) is 0. The molecule has 2 aromatic carbocycles. The molecule has 0 atom stereocenters. The lowest BCUT2D eigenvalue weighted by molar-refractivity contribution is -0.137. The van der Waals surface area contributed by atoms with Gasteiger partial charge in [0.1, 0.15) is 0 Å². The maximum atomic E-state index is 12.8. The van der Waals surface area contributed by atoms with Gasteiger partial charge < -0.3 is 4.90 Å². The van der Waals surface area contributed by atoms with Gasteiger partial charge in [0.2, 0.25) is 0 Å². The standard InChI is InChI=1S/C17H16F3N/c18-17(19,20)15-8-9-16-14(11-15)7-4-10-21(16)12-13-5-2-1-3-6-13/h1-3,5-6,8-9,11H,4,7,10,12H2. The lowest BCUT2D eigenvalue weighted by Gasteiger charge is -2.32. The third kappa shape index (κ3) is 3.04. The smallest absolute Gasteiger partial charge is 0.367 e. The monoisotopic (exact) mass is 291 g/mol. The predicted molar refractivity (Wildman–Crippen MR) is 77.3 cm³/mol. The van der Waals surface area contributed by atoms with Crippen LogP contribution in [0.3, 0.4) is 0 Å². The Morgan fingerprint density at radius 1 is 1.00 bits per heavy atom. The van der Waals surface area contributed by atoms with Crippen LogP contribution in [-0.2, 0) is 19.1 Å². The Morgan fingerprint density at radius 3 is 2.48 bits per heavy atom. The van der Waals surface area contributed by atoms with Crippen LogP contribution in [0, 0.1) is 0 Å². The highest BCUT2D eigenvalue weighted by molar-refractivity contribution is 5.57. The van der Waals surface area contributed by atoms with Gasteiger partial charge in [-0.2, -0.15) is 13.2 Å². The summed E-state index contributed by atoms with van der Waals surface area (Å²) in [5, 5.41) is 0. The van der Waals surface area contributed by atoms with Crippen LogP contribution in [0.15, 0.2) is 48.5 Å². The Bertz CT molecular complexity index is 620. The van der Waals surface area contributed by atoms with Crippen molar-refractivity contribution < 1.29 is 13.2 Å². The van der Waals surface area contributed by atoms with Gasteiger partial charge in [-0.15, -0.1) is 0 Å². The van der Waals surface area contributed by atoms with E-state index in [4.69, 9.17) is 0 Å². The molecule has 0 fully saturated rings. The molecule has 4 heteroatoms. The molecule has 1 heterocycles. The minimum Gasteiger partial charge on any atom is -0.367 e. The van der Waals surface area contributed by atoms with Crippen molar-refractivity contribution in [3.05, 3.63) is 65.2 Å². The molecule has 0 saturated carbocycles. The first-order chi connectivity index (χ1) is 10.0. The van der Waals surface area contributed by atoms with Crippen molar-refractivity contribution >= 4 is 5.69 Å². The Hall–Kier alpha value is -1.97. The van der Waals surface area contributed by atoms with E-state index in [1.165, 1.54) is 17.7 Å². The fourth-order valence-electron chi connectivity index (χ4n) is 2.82. The molecular formula is C17H16F3N. The minimum absolute atomic E-state index is 0.553. The zero-order chi connectivity index (χ0) is 14.9. The zero-order valence-electron chi connectivity index (χ0n) is 11.5. The quantitative estimate of drug-likeness (QED) is 0.778. The van der Waals surface area contributed by atoms with Gasteiger partial charge >= 0.3 is 6.18 Å². The second-order valence-electron chi connectivity index (χ2n) is 5.35. The van der Waals surface area contributed by atoms with E-state index in [0.29, 0.717) is 6.42 Å². The Balaban J connectivity index is 1.88. The molecule has 1 aliphatic heterocycles. The molecule has 0 spiro atoms. The molecule has 0 bridgehead atoms. The van der Waals surface area contributed by atoms with Crippen molar-refractivity contribution in [2.45, 2.75) is 25.6 Å². The molecule has 110 valence electrons. The zero-order valence-corrected chi connectivity index (χ0v) is 11.5. The van der Waals surface area contributed by atoms with Crippen molar-refractivity contribution in [3.63, 3.8) is 0 Å². The van der Waals surface area contributed by atoms with Crippen molar-refractivity contribution in [2.24, 2.45) is 0 Å². The number of hydrogen-bond acceptors (Lipinski definition) is 1. The van der Waals surface area contributed by atoms with Gasteiger partial charge in [-0.1, -0.05) is 30.3 Å². The van der Waals surface area contributed by atoms with E-state index in [0.717, 1.165) is 30.8 Å². The van der Waals surface area contributed by atoms with Crippen LogP contribution >= 0.6 is 0 Å². The molecule has 0 amide bonds. The molecule has 0 aliphatic carbocycles. The molecular weight excluding hydrogens is 275 g/mol. The third-order valence-electron chi connectivity index (χ3n) is 3.84. The second-order valence-corrected chi connectivity index (χ2v) is 5.35. The van der Waals surface area contributed by atoms with Gasteiger partial charge in [0.25, 0.3) is 0 Å². The molecule has 1 aliphatic rings. The number of nitrogens with zero attached hydrogens (tertiary/aromatic N) is 1. The summed E-state index contributed by atoms with van der Waals surface area (Å²) in [6.45, 7) is 1.62. The van der Waals surface area contributed by atoms with Crippen LogP contribution in [0.5, 0.6) is 0 Å². The van der Waals surface area contributed by atoms with Crippen molar-refractivity contribution in [2.75, 3.05) is 11.4 Å². The fourth-order valence-corrected chi connectivity index (χ4v) is 2.82. The number of alkyl halides is 3. The van der Waals surface area contributed by atoms with E-state index >= 15 is 0 Å². The summed E-state index contributed by atoms with van der Waals surface area (Å²) in [6, 6.07) is 14.1. The topological polar surface area (TPSA) is 3.24 Å². The van der Waals surface area contributed by atoms with E-state index < -0.39 is 11.7 Å². The van der Waals surface area contributed by atoms with Crippen LogP contribution in [0.2, 0.25) is 0 Å². The number of fused-ring (bicyclic) bond motifs is 1. The van der Waals surface area contributed by atoms with E-state index in [9.17, 15) is 13.2 Å². The normalized spacial score (nSPS) is 14.9. The number of hydrogen-bond donors (Lipinski definition) is 0. The molecule has 0 unspecified atom stereocenters.